The molecule has 2 amide bonds. The smallest absolute Gasteiger partial charge is 0.410 e. The van der Waals surface area contributed by atoms with E-state index >= 15 is 0 Å². The summed E-state index contributed by atoms with van der Waals surface area (Å²) >= 11 is 0. The van der Waals surface area contributed by atoms with Crippen molar-refractivity contribution < 1.29 is 23.5 Å². The Kier molecular flexibility index (Phi) is 7.50. The van der Waals surface area contributed by atoms with Gasteiger partial charge in [0.1, 0.15) is 11.4 Å². The van der Waals surface area contributed by atoms with E-state index in [2.05, 4.69) is 15.2 Å². The van der Waals surface area contributed by atoms with Crippen molar-refractivity contribution in [3.63, 3.8) is 0 Å². The Morgan fingerprint density at radius 2 is 1.81 bits per heavy atom. The average Bonchev–Trinajstić information content (AvgIpc) is 2.74. The number of piperazine rings is 1. The fourth-order valence-electron chi connectivity index (χ4n) is 3.14. The second-order valence-corrected chi connectivity index (χ2v) is 8.43. The van der Waals surface area contributed by atoms with Gasteiger partial charge in [-0.3, -0.25) is 4.79 Å². The third-order valence-corrected chi connectivity index (χ3v) is 4.74. The number of carbonyl (C=O) groups excluding carboxylic acids is 2. The summed E-state index contributed by atoms with van der Waals surface area (Å²) in [6, 6.07) is 9.67. The number of pyridine rings is 1. The van der Waals surface area contributed by atoms with E-state index in [0.717, 1.165) is 5.69 Å². The van der Waals surface area contributed by atoms with Gasteiger partial charge in [-0.2, -0.15) is 0 Å². The number of para-hydroxylation sites is 1. The highest BCUT2D eigenvalue weighted by molar-refractivity contribution is 5.89. The number of amides is 2. The molecule has 0 aliphatic carbocycles. The molecule has 1 aromatic carbocycles. The van der Waals surface area contributed by atoms with E-state index in [1.165, 1.54) is 12.1 Å². The number of hydrogen-bond donors (Lipinski definition) is 1. The fourth-order valence-corrected chi connectivity index (χ4v) is 3.14. The fraction of sp³-hybridized carbons (Fsp3) is 0.435. The van der Waals surface area contributed by atoms with Gasteiger partial charge in [-0.05, 0) is 45.0 Å². The quantitative estimate of drug-likeness (QED) is 0.732. The Morgan fingerprint density at radius 3 is 2.44 bits per heavy atom. The SMILES string of the molecule is CC(C)(C)OC(=O)N1CCN(c2ccc(NC(=O)CCOc3ccccc3F)nc2)CC1. The predicted octanol–water partition coefficient (Wildman–Crippen LogP) is 3.69. The molecule has 2 heterocycles. The highest BCUT2D eigenvalue weighted by atomic mass is 19.1. The zero-order valence-corrected chi connectivity index (χ0v) is 18.6. The van der Waals surface area contributed by atoms with Crippen molar-refractivity contribution in [2.45, 2.75) is 32.8 Å². The van der Waals surface area contributed by atoms with Crippen LogP contribution in [-0.4, -0.2) is 60.3 Å². The van der Waals surface area contributed by atoms with E-state index in [9.17, 15) is 14.0 Å². The van der Waals surface area contributed by atoms with Crippen molar-refractivity contribution in [2.24, 2.45) is 0 Å². The lowest BCUT2D eigenvalue weighted by Crippen LogP contribution is -2.50. The highest BCUT2D eigenvalue weighted by Gasteiger charge is 2.26. The molecule has 0 unspecified atom stereocenters. The molecule has 8 nitrogen and oxygen atoms in total. The van der Waals surface area contributed by atoms with Gasteiger partial charge in [0.15, 0.2) is 11.6 Å². The Labute approximate surface area is 187 Å². The number of nitrogens with zero attached hydrogens (tertiary/aromatic N) is 3. The van der Waals surface area contributed by atoms with Gasteiger partial charge in [-0.1, -0.05) is 12.1 Å². The van der Waals surface area contributed by atoms with E-state index in [4.69, 9.17) is 9.47 Å². The maximum absolute atomic E-state index is 13.5. The minimum atomic E-state index is -0.512. The number of hydrogen-bond acceptors (Lipinski definition) is 6. The summed E-state index contributed by atoms with van der Waals surface area (Å²) in [5.74, 6) is -0.184. The zero-order valence-electron chi connectivity index (χ0n) is 18.6. The lowest BCUT2D eigenvalue weighted by Gasteiger charge is -2.36. The van der Waals surface area contributed by atoms with Gasteiger partial charge in [-0.25, -0.2) is 14.2 Å². The Hall–Kier alpha value is -3.36. The molecule has 172 valence electrons. The third-order valence-electron chi connectivity index (χ3n) is 4.74. The monoisotopic (exact) mass is 444 g/mol. The molecule has 1 N–H and O–H groups in total. The van der Waals surface area contributed by atoms with Crippen LogP contribution in [0.3, 0.4) is 0 Å². The van der Waals surface area contributed by atoms with Gasteiger partial charge < -0.3 is 24.6 Å². The van der Waals surface area contributed by atoms with Crippen LogP contribution in [0, 0.1) is 5.82 Å². The van der Waals surface area contributed by atoms with Crippen LogP contribution in [0.4, 0.5) is 20.7 Å². The number of nitrogens with one attached hydrogen (secondary N) is 1. The van der Waals surface area contributed by atoms with Crippen LogP contribution in [0.1, 0.15) is 27.2 Å². The first-order chi connectivity index (χ1) is 15.2. The summed E-state index contributed by atoms with van der Waals surface area (Å²) in [7, 11) is 0. The summed E-state index contributed by atoms with van der Waals surface area (Å²) in [6.07, 6.45) is 1.46. The van der Waals surface area contributed by atoms with Crippen molar-refractivity contribution in [3.05, 3.63) is 48.4 Å². The van der Waals surface area contributed by atoms with Crippen molar-refractivity contribution in [2.75, 3.05) is 43.0 Å². The molecule has 0 saturated carbocycles. The Morgan fingerprint density at radius 1 is 1.09 bits per heavy atom. The molecule has 3 rings (SSSR count). The minimum absolute atomic E-state index is 0.0623. The van der Waals surface area contributed by atoms with Gasteiger partial charge in [0.2, 0.25) is 5.91 Å². The van der Waals surface area contributed by atoms with Gasteiger partial charge in [0.05, 0.1) is 24.9 Å². The van der Waals surface area contributed by atoms with Crippen LogP contribution >= 0.6 is 0 Å². The number of anilines is 2. The molecule has 1 aliphatic rings. The molecule has 0 spiro atoms. The second kappa shape index (κ2) is 10.3. The number of halogens is 1. The molecule has 1 aromatic heterocycles. The first-order valence-electron chi connectivity index (χ1n) is 10.6. The maximum Gasteiger partial charge on any atom is 0.410 e. The summed E-state index contributed by atoms with van der Waals surface area (Å²) in [5, 5.41) is 2.70. The van der Waals surface area contributed by atoms with Crippen LogP contribution in [0.2, 0.25) is 0 Å². The lowest BCUT2D eigenvalue weighted by molar-refractivity contribution is -0.116. The van der Waals surface area contributed by atoms with Crippen molar-refractivity contribution in [1.29, 1.82) is 0 Å². The normalized spacial score (nSPS) is 14.1. The van der Waals surface area contributed by atoms with Crippen LogP contribution in [0.5, 0.6) is 5.75 Å². The first kappa shape index (κ1) is 23.3. The van der Waals surface area contributed by atoms with Crippen LogP contribution in [0.15, 0.2) is 42.6 Å². The van der Waals surface area contributed by atoms with Gasteiger partial charge in [0.25, 0.3) is 0 Å². The minimum Gasteiger partial charge on any atom is -0.490 e. The van der Waals surface area contributed by atoms with Gasteiger partial charge >= 0.3 is 6.09 Å². The molecule has 1 fully saturated rings. The molecule has 1 aliphatic heterocycles. The highest BCUT2D eigenvalue weighted by Crippen LogP contribution is 2.19. The lowest BCUT2D eigenvalue weighted by atomic mass is 10.2. The topological polar surface area (TPSA) is 84.0 Å². The molecule has 1 saturated heterocycles. The molecule has 0 bridgehead atoms. The first-order valence-corrected chi connectivity index (χ1v) is 10.6. The van der Waals surface area contributed by atoms with Crippen molar-refractivity contribution >= 4 is 23.5 Å². The molecule has 0 radical (unpaired) electrons. The Bertz CT molecular complexity index is 922. The van der Waals surface area contributed by atoms with Crippen molar-refractivity contribution in [3.8, 4) is 5.75 Å². The van der Waals surface area contributed by atoms with E-state index in [1.54, 1.807) is 29.3 Å². The van der Waals surface area contributed by atoms with Gasteiger partial charge in [-0.15, -0.1) is 0 Å². The maximum atomic E-state index is 13.5. The summed E-state index contributed by atoms with van der Waals surface area (Å²) in [6.45, 7) is 8.08. The van der Waals surface area contributed by atoms with Crippen LogP contribution in [0.25, 0.3) is 0 Å². The molecule has 0 atom stereocenters. The third kappa shape index (κ3) is 6.83. The molecular weight excluding hydrogens is 415 g/mol. The van der Waals surface area contributed by atoms with E-state index in [-0.39, 0.29) is 30.8 Å². The molecular formula is C23H29FN4O4. The zero-order chi connectivity index (χ0) is 23.1. The Balaban J connectivity index is 1.42. The summed E-state index contributed by atoms with van der Waals surface area (Å²) in [4.78, 5) is 32.4. The number of aromatic nitrogens is 1. The average molecular weight is 445 g/mol. The molecule has 9 heteroatoms. The summed E-state index contributed by atoms with van der Waals surface area (Å²) < 4.78 is 24.2. The van der Waals surface area contributed by atoms with Gasteiger partial charge in [0, 0.05) is 26.2 Å². The number of rotatable bonds is 6. The van der Waals surface area contributed by atoms with Crippen LogP contribution < -0.4 is 15.0 Å². The van der Waals surface area contributed by atoms with Crippen LogP contribution in [-0.2, 0) is 9.53 Å². The number of benzene rings is 1. The second-order valence-electron chi connectivity index (χ2n) is 8.43. The largest absolute Gasteiger partial charge is 0.490 e. The molecule has 2 aromatic rings. The number of carbonyl (C=O) groups is 2. The van der Waals surface area contributed by atoms with E-state index in [1.807, 2.05) is 26.8 Å². The van der Waals surface area contributed by atoms with Crippen molar-refractivity contribution in [1.82, 2.24) is 9.88 Å². The number of ether oxygens (including phenoxy) is 2. The molecule has 32 heavy (non-hydrogen) atoms. The summed E-state index contributed by atoms with van der Waals surface area (Å²) in [5.41, 5.74) is 0.400. The van der Waals surface area contributed by atoms with E-state index in [0.29, 0.717) is 32.0 Å². The predicted molar refractivity (Wildman–Crippen MR) is 119 cm³/mol. The van der Waals surface area contributed by atoms with E-state index < -0.39 is 11.4 Å². The standard InChI is InChI=1S/C23H29FN4O4/c1-23(2,3)32-22(30)28-13-11-27(12-14-28)17-8-9-20(25-16-17)26-21(29)10-15-31-19-7-5-4-6-18(19)24/h4-9,16H,10-15H2,1-3H3,(H,25,26,29).